The molecule has 2 rings (SSSR count). The van der Waals surface area contributed by atoms with Crippen LogP contribution in [0.4, 0.5) is 13.2 Å². The molecular weight excluding hydrogens is 269 g/mol. The molecule has 0 atom stereocenters. The Balaban J connectivity index is 1.81. The Labute approximate surface area is 115 Å². The van der Waals surface area contributed by atoms with Crippen LogP contribution in [-0.2, 0) is 17.4 Å². The number of halogens is 3. The molecule has 1 saturated heterocycles. The average molecular weight is 286 g/mol. The van der Waals surface area contributed by atoms with E-state index in [9.17, 15) is 18.0 Å². The molecule has 1 aliphatic rings. The molecule has 1 heterocycles. The van der Waals surface area contributed by atoms with Gasteiger partial charge in [-0.25, -0.2) is 0 Å². The minimum atomic E-state index is -4.29. The van der Waals surface area contributed by atoms with Crippen molar-refractivity contribution in [1.29, 1.82) is 0 Å². The third kappa shape index (κ3) is 3.96. The van der Waals surface area contributed by atoms with Crippen LogP contribution in [0, 0.1) is 0 Å². The number of rotatable bonds is 4. The maximum Gasteiger partial charge on any atom is 0.416 e. The summed E-state index contributed by atoms with van der Waals surface area (Å²) in [5.41, 5.74) is 0.235. The Bertz CT molecular complexity index is 456. The normalized spacial score (nSPS) is 16.6. The molecule has 0 bridgehead atoms. The van der Waals surface area contributed by atoms with E-state index in [1.165, 1.54) is 12.1 Å². The van der Waals surface area contributed by atoms with E-state index in [4.69, 9.17) is 0 Å². The molecule has 1 aromatic rings. The molecule has 1 fully saturated rings. The van der Waals surface area contributed by atoms with Gasteiger partial charge in [0.2, 0.25) is 5.91 Å². The molecule has 1 N–H and O–H groups in total. The summed E-state index contributed by atoms with van der Waals surface area (Å²) in [6.45, 7) is 2.53. The zero-order valence-corrected chi connectivity index (χ0v) is 11.0. The van der Waals surface area contributed by atoms with Gasteiger partial charge >= 0.3 is 6.18 Å². The second-order valence-electron chi connectivity index (χ2n) is 4.86. The Morgan fingerprint density at radius 2 is 1.90 bits per heavy atom. The number of nitrogens with zero attached hydrogens (tertiary/aromatic N) is 1. The van der Waals surface area contributed by atoms with Crippen molar-refractivity contribution in [3.8, 4) is 0 Å². The van der Waals surface area contributed by atoms with Crippen LogP contribution in [0.15, 0.2) is 24.3 Å². The van der Waals surface area contributed by atoms with Crippen molar-refractivity contribution in [1.82, 2.24) is 10.2 Å². The van der Waals surface area contributed by atoms with Crippen LogP contribution in [0.5, 0.6) is 0 Å². The molecule has 0 saturated carbocycles. The lowest BCUT2D eigenvalue weighted by molar-refractivity contribution is -0.137. The van der Waals surface area contributed by atoms with Crippen LogP contribution in [0.3, 0.4) is 0 Å². The number of aryl methyl sites for hydroxylation is 1. The van der Waals surface area contributed by atoms with Gasteiger partial charge in [0.25, 0.3) is 0 Å². The van der Waals surface area contributed by atoms with Gasteiger partial charge in [-0.3, -0.25) is 4.79 Å². The molecule has 0 unspecified atom stereocenters. The maximum absolute atomic E-state index is 12.4. The van der Waals surface area contributed by atoms with Gasteiger partial charge in [-0.1, -0.05) is 12.1 Å². The smallest absolute Gasteiger partial charge is 0.340 e. The standard InChI is InChI=1S/C14H17F3N2O/c15-14(16,17)12-5-3-11(4-6-12)2-1-8-19-9-7-18-10-13(19)20/h3-6,18H,1-2,7-10H2. The topological polar surface area (TPSA) is 32.3 Å². The van der Waals surface area contributed by atoms with E-state index in [1.807, 2.05) is 0 Å². The molecule has 0 aromatic heterocycles. The van der Waals surface area contributed by atoms with Gasteiger partial charge < -0.3 is 10.2 Å². The largest absolute Gasteiger partial charge is 0.416 e. The highest BCUT2D eigenvalue weighted by atomic mass is 19.4. The van der Waals surface area contributed by atoms with E-state index < -0.39 is 11.7 Å². The van der Waals surface area contributed by atoms with E-state index in [1.54, 1.807) is 4.90 Å². The minimum absolute atomic E-state index is 0.0867. The lowest BCUT2D eigenvalue weighted by Crippen LogP contribution is -2.48. The van der Waals surface area contributed by atoms with Crippen molar-refractivity contribution >= 4 is 5.91 Å². The number of nitrogens with one attached hydrogen (secondary N) is 1. The summed E-state index contributed by atoms with van der Waals surface area (Å²) in [6.07, 6.45) is -2.85. The van der Waals surface area contributed by atoms with E-state index in [-0.39, 0.29) is 5.91 Å². The van der Waals surface area contributed by atoms with E-state index >= 15 is 0 Å². The SMILES string of the molecule is O=C1CNCCN1CCCc1ccc(C(F)(F)F)cc1. The molecule has 0 radical (unpaired) electrons. The van der Waals surface area contributed by atoms with E-state index in [2.05, 4.69) is 5.32 Å². The first-order chi connectivity index (χ1) is 9.47. The number of alkyl halides is 3. The fourth-order valence-electron chi connectivity index (χ4n) is 2.22. The Kier molecular flexibility index (Phi) is 4.65. The van der Waals surface area contributed by atoms with E-state index in [0.717, 1.165) is 30.7 Å². The van der Waals surface area contributed by atoms with Crippen molar-refractivity contribution in [3.63, 3.8) is 0 Å². The van der Waals surface area contributed by atoms with Crippen LogP contribution in [-0.4, -0.2) is 37.0 Å². The van der Waals surface area contributed by atoms with Crippen LogP contribution in [0.1, 0.15) is 17.5 Å². The summed E-state index contributed by atoms with van der Waals surface area (Å²) in [7, 11) is 0. The van der Waals surface area contributed by atoms with Gasteiger partial charge in [0.1, 0.15) is 0 Å². The highest BCUT2D eigenvalue weighted by Crippen LogP contribution is 2.29. The minimum Gasteiger partial charge on any atom is -0.340 e. The van der Waals surface area contributed by atoms with Crippen molar-refractivity contribution in [3.05, 3.63) is 35.4 Å². The first-order valence-electron chi connectivity index (χ1n) is 6.61. The number of hydrogen-bond acceptors (Lipinski definition) is 2. The quantitative estimate of drug-likeness (QED) is 0.919. The van der Waals surface area contributed by atoms with Crippen LogP contribution in [0.2, 0.25) is 0 Å². The van der Waals surface area contributed by atoms with Gasteiger partial charge in [0.15, 0.2) is 0 Å². The molecule has 3 nitrogen and oxygen atoms in total. The number of carbonyl (C=O) groups excluding carboxylic acids is 1. The second-order valence-corrected chi connectivity index (χ2v) is 4.86. The van der Waals surface area contributed by atoms with Crippen molar-refractivity contribution in [2.75, 3.05) is 26.2 Å². The van der Waals surface area contributed by atoms with Gasteiger partial charge in [0.05, 0.1) is 12.1 Å². The summed E-state index contributed by atoms with van der Waals surface area (Å²) in [5.74, 6) is 0.0867. The Morgan fingerprint density at radius 1 is 1.20 bits per heavy atom. The van der Waals surface area contributed by atoms with Gasteiger partial charge in [0, 0.05) is 19.6 Å². The van der Waals surface area contributed by atoms with Crippen molar-refractivity contribution < 1.29 is 18.0 Å². The third-order valence-electron chi connectivity index (χ3n) is 3.36. The van der Waals surface area contributed by atoms with E-state index in [0.29, 0.717) is 26.1 Å². The number of benzene rings is 1. The zero-order valence-electron chi connectivity index (χ0n) is 11.0. The van der Waals surface area contributed by atoms with Crippen LogP contribution < -0.4 is 5.32 Å². The summed E-state index contributed by atoms with van der Waals surface area (Å²) in [6, 6.07) is 5.21. The van der Waals surface area contributed by atoms with Gasteiger partial charge in [-0.05, 0) is 30.5 Å². The monoisotopic (exact) mass is 286 g/mol. The van der Waals surface area contributed by atoms with Crippen LogP contribution >= 0.6 is 0 Å². The molecule has 110 valence electrons. The first kappa shape index (κ1) is 14.8. The van der Waals surface area contributed by atoms with Crippen molar-refractivity contribution in [2.24, 2.45) is 0 Å². The lowest BCUT2D eigenvalue weighted by atomic mass is 10.1. The molecule has 0 aliphatic carbocycles. The lowest BCUT2D eigenvalue weighted by Gasteiger charge is -2.27. The summed E-state index contributed by atoms with van der Waals surface area (Å²) in [5, 5.41) is 3.00. The maximum atomic E-state index is 12.4. The van der Waals surface area contributed by atoms with Crippen molar-refractivity contribution in [2.45, 2.75) is 19.0 Å². The van der Waals surface area contributed by atoms with Gasteiger partial charge in [-0.15, -0.1) is 0 Å². The molecule has 1 amide bonds. The molecular formula is C14H17F3N2O. The zero-order chi connectivity index (χ0) is 14.6. The predicted octanol–water partition coefficient (Wildman–Crippen LogP) is 2.07. The number of hydrogen-bond donors (Lipinski definition) is 1. The molecule has 1 aliphatic heterocycles. The first-order valence-corrected chi connectivity index (χ1v) is 6.61. The predicted molar refractivity (Wildman–Crippen MR) is 69.2 cm³/mol. The number of carbonyl (C=O) groups is 1. The second kappa shape index (κ2) is 6.26. The molecule has 0 spiro atoms. The van der Waals surface area contributed by atoms with Crippen LogP contribution in [0.25, 0.3) is 0 Å². The Morgan fingerprint density at radius 3 is 2.50 bits per heavy atom. The fourth-order valence-corrected chi connectivity index (χ4v) is 2.22. The molecule has 6 heteroatoms. The Hall–Kier alpha value is -1.56. The summed E-state index contributed by atoms with van der Waals surface area (Å²) < 4.78 is 37.2. The van der Waals surface area contributed by atoms with Gasteiger partial charge in [-0.2, -0.15) is 13.2 Å². The highest BCUT2D eigenvalue weighted by molar-refractivity contribution is 5.78. The summed E-state index contributed by atoms with van der Waals surface area (Å²) in [4.78, 5) is 13.3. The molecule has 1 aromatic carbocycles. The summed E-state index contributed by atoms with van der Waals surface area (Å²) >= 11 is 0. The average Bonchev–Trinajstić information content (AvgIpc) is 2.40. The number of piperazine rings is 1. The third-order valence-corrected chi connectivity index (χ3v) is 3.36. The fraction of sp³-hybridized carbons (Fsp3) is 0.500. The molecule has 20 heavy (non-hydrogen) atoms. The number of amides is 1. The highest BCUT2D eigenvalue weighted by Gasteiger charge is 2.29.